The van der Waals surface area contributed by atoms with Crippen molar-refractivity contribution in [3.8, 4) is 0 Å². The molecule has 2 fully saturated rings. The molecule has 10 nitrogen and oxygen atoms in total. The molecule has 0 spiro atoms. The van der Waals surface area contributed by atoms with Gasteiger partial charge < -0.3 is 25.4 Å². The van der Waals surface area contributed by atoms with E-state index >= 15 is 0 Å². The van der Waals surface area contributed by atoms with Gasteiger partial charge >= 0.3 is 0 Å². The summed E-state index contributed by atoms with van der Waals surface area (Å²) < 4.78 is 76.7. The summed E-state index contributed by atoms with van der Waals surface area (Å²) in [5.74, 6) is -1.15. The predicted octanol–water partition coefficient (Wildman–Crippen LogP) is 2.18. The van der Waals surface area contributed by atoms with Crippen LogP contribution in [0.3, 0.4) is 0 Å². The average molecular weight is 526 g/mol. The largest absolute Gasteiger partial charge is 0.394 e. The maximum absolute atomic E-state index is 14.6. The van der Waals surface area contributed by atoms with E-state index in [9.17, 15) is 19.7 Å². The Morgan fingerprint density at radius 3 is 2.92 bits per heavy atom. The summed E-state index contributed by atoms with van der Waals surface area (Å²) >= 11 is 0.759. The lowest BCUT2D eigenvalue weighted by Gasteiger charge is -2.17. The lowest BCUT2D eigenvalue weighted by molar-refractivity contribution is -0.0629. The van der Waals surface area contributed by atoms with E-state index in [0.29, 0.717) is 6.42 Å². The zero-order valence-corrected chi connectivity index (χ0v) is 20.4. The first-order valence-corrected chi connectivity index (χ1v) is 12.4. The first kappa shape index (κ1) is 18.0. The predicted molar refractivity (Wildman–Crippen MR) is 133 cm³/mol. The van der Waals surface area contributed by atoms with Crippen molar-refractivity contribution in [2.45, 2.75) is 74.6 Å². The fourth-order valence-corrected chi connectivity index (χ4v) is 4.87. The molecule has 0 bridgehead atoms. The maximum atomic E-state index is 14.6. The molecule has 194 valence electrons. The van der Waals surface area contributed by atoms with Crippen LogP contribution in [0.2, 0.25) is 0 Å². The molecule has 6 atom stereocenters. The van der Waals surface area contributed by atoms with Crippen molar-refractivity contribution >= 4 is 28.7 Å². The molecule has 0 saturated heterocycles. The Labute approximate surface area is 222 Å². The second kappa shape index (κ2) is 10.5. The van der Waals surface area contributed by atoms with E-state index in [4.69, 9.17) is 14.3 Å². The molecule has 1 unspecified atom stereocenters. The number of nitrogens with one attached hydrogen (secondary N) is 1. The number of fused-ring (bicyclic) bond motifs is 1. The van der Waals surface area contributed by atoms with E-state index in [2.05, 4.69) is 25.6 Å². The fraction of sp³-hybridized carbons (Fsp3) is 0.583. The molecule has 12 heteroatoms. The number of nitrogens with zero attached hydrogens (tertiary/aromatic N) is 5. The van der Waals surface area contributed by atoms with Crippen molar-refractivity contribution in [3.63, 3.8) is 0 Å². The van der Waals surface area contributed by atoms with Gasteiger partial charge in [-0.25, -0.2) is 19.0 Å². The number of aromatic nitrogens is 5. The van der Waals surface area contributed by atoms with Gasteiger partial charge in [0.15, 0.2) is 22.1 Å². The number of thioether (sulfide) groups is 1. The number of hydrogen-bond acceptors (Lipinski definition) is 10. The third-order valence-corrected chi connectivity index (χ3v) is 7.13. The van der Waals surface area contributed by atoms with Crippen LogP contribution in [0.1, 0.15) is 58.9 Å². The monoisotopic (exact) mass is 525 g/mol. The second-order valence-electron chi connectivity index (χ2n) is 8.77. The number of halogens is 1. The Bertz CT molecular complexity index is 1520. The first-order valence-electron chi connectivity index (χ1n) is 15.1. The van der Waals surface area contributed by atoms with Crippen LogP contribution < -0.4 is 5.32 Å². The van der Waals surface area contributed by atoms with E-state index in [-0.39, 0.29) is 58.2 Å². The maximum Gasteiger partial charge on any atom is 0.191 e. The van der Waals surface area contributed by atoms with Gasteiger partial charge in [0.2, 0.25) is 0 Å². The molecule has 2 aliphatic carbocycles. The quantitative estimate of drug-likeness (QED) is 0.230. The molecule has 0 aliphatic heterocycles. The van der Waals surface area contributed by atoms with Gasteiger partial charge in [-0.15, -0.1) is 5.10 Å². The van der Waals surface area contributed by atoms with E-state index in [0.717, 1.165) is 11.8 Å². The Hall–Kier alpha value is -2.38. The fourth-order valence-electron chi connectivity index (χ4n) is 4.33. The van der Waals surface area contributed by atoms with Crippen LogP contribution in [0.5, 0.6) is 0 Å². The van der Waals surface area contributed by atoms with Crippen molar-refractivity contribution in [1.29, 1.82) is 0 Å². The van der Waals surface area contributed by atoms with Gasteiger partial charge in [0.1, 0.15) is 18.0 Å². The van der Waals surface area contributed by atoms with E-state index in [1.54, 1.807) is 6.92 Å². The minimum absolute atomic E-state index is 0.0223. The molecule has 0 amide bonds. The van der Waals surface area contributed by atoms with Crippen molar-refractivity contribution in [2.24, 2.45) is 0 Å². The van der Waals surface area contributed by atoms with Crippen molar-refractivity contribution in [1.82, 2.24) is 25.0 Å². The van der Waals surface area contributed by atoms with Gasteiger partial charge in [0.05, 0.1) is 32.2 Å². The SMILES string of the molecule is [2H]c1c([2H])c([C@@H]2CC2Nc2nc(SC([2H])([2H])CC)nc3c2nnn3[C@@H]2C[C@H](OCC([2H])([2H])O)[C@@H](O)[C@H]2O)c([2H])c(F)c1C. The van der Waals surface area contributed by atoms with Gasteiger partial charge in [-0.3, -0.25) is 0 Å². The molecule has 2 saturated carbocycles. The van der Waals surface area contributed by atoms with Crippen LogP contribution in [0.15, 0.2) is 23.3 Å². The molecule has 36 heavy (non-hydrogen) atoms. The number of anilines is 1. The van der Waals surface area contributed by atoms with Gasteiger partial charge in [0.25, 0.3) is 0 Å². The highest BCUT2D eigenvalue weighted by atomic mass is 32.2. The Morgan fingerprint density at radius 1 is 1.31 bits per heavy atom. The van der Waals surface area contributed by atoms with Gasteiger partial charge in [-0.05, 0) is 36.9 Å². The minimum atomic E-state index is -2.64. The zero-order valence-electron chi connectivity index (χ0n) is 26.6. The Morgan fingerprint density at radius 2 is 2.14 bits per heavy atom. The number of aliphatic hydroxyl groups excluding tert-OH is 2. The summed E-state index contributed by atoms with van der Waals surface area (Å²) in [5.41, 5.74) is -1.43. The number of benzene rings is 1. The standard InChI is InChI=1S/C24H31FN6O4S/c1-3-8-36-24-27-22(26-16-10-14(16)13-5-4-12(2)15(25)9-13)19-23(28-24)31(30-29-19)17-11-18(35-7-6-32)21(34)20(17)33/h4-5,9,14,16-18,20-21,32-34H,3,6-8,10-11H2,1-2H3,(H,26,27,28)/t14-,16?,17+,18-,20-,21+/m0/s1/i4D,5D,6D2,8D2,9D. The smallest absolute Gasteiger partial charge is 0.191 e. The normalized spacial score (nSPS) is 31.2. The topological polar surface area (TPSA) is 138 Å². The first-order chi connectivity index (χ1) is 20.0. The van der Waals surface area contributed by atoms with Gasteiger partial charge in [-0.1, -0.05) is 36.0 Å². The third-order valence-electron chi connectivity index (χ3n) is 6.33. The number of hydrogen-bond donors (Lipinski definition) is 4. The molecule has 2 heterocycles. The average Bonchev–Trinajstić information content (AvgIpc) is 3.44. The van der Waals surface area contributed by atoms with Crippen molar-refractivity contribution in [2.75, 3.05) is 24.2 Å². The summed E-state index contributed by atoms with van der Waals surface area (Å²) in [5, 5.41) is 42.2. The molecule has 5 rings (SSSR count). The van der Waals surface area contributed by atoms with Gasteiger partial charge in [0, 0.05) is 26.8 Å². The number of ether oxygens (including phenoxy) is 1. The minimum Gasteiger partial charge on any atom is -0.394 e. The second-order valence-corrected chi connectivity index (χ2v) is 9.63. The van der Waals surface area contributed by atoms with E-state index < -0.39 is 67.0 Å². The van der Waals surface area contributed by atoms with Crippen molar-refractivity contribution < 1.29 is 34.0 Å². The third kappa shape index (κ3) is 4.92. The molecule has 2 aromatic heterocycles. The highest BCUT2D eigenvalue weighted by molar-refractivity contribution is 7.99. The van der Waals surface area contributed by atoms with Crippen molar-refractivity contribution in [3.05, 3.63) is 35.1 Å². The summed E-state index contributed by atoms with van der Waals surface area (Å²) in [6, 6.07) is -2.27. The Balaban J connectivity index is 1.48. The molecule has 0 radical (unpaired) electrons. The van der Waals surface area contributed by atoms with E-state index in [1.165, 1.54) is 11.6 Å². The van der Waals surface area contributed by atoms with Crippen LogP contribution >= 0.6 is 11.8 Å². The lowest BCUT2D eigenvalue weighted by atomic mass is 10.1. The Kier molecular flexibility index (Phi) is 5.26. The number of aliphatic hydroxyl groups is 3. The summed E-state index contributed by atoms with van der Waals surface area (Å²) in [6.45, 7) is -0.358. The lowest BCUT2D eigenvalue weighted by Crippen LogP contribution is -2.33. The number of rotatable bonds is 10. The van der Waals surface area contributed by atoms with Crippen LogP contribution in [-0.2, 0) is 4.74 Å². The van der Waals surface area contributed by atoms with Gasteiger partial charge in [-0.2, -0.15) is 0 Å². The van der Waals surface area contributed by atoms with Crippen LogP contribution in [0.4, 0.5) is 10.2 Å². The highest BCUT2D eigenvalue weighted by Gasteiger charge is 2.45. The molecule has 2 aliphatic rings. The van der Waals surface area contributed by atoms with E-state index in [1.807, 2.05) is 0 Å². The molecule has 4 N–H and O–H groups in total. The summed E-state index contributed by atoms with van der Waals surface area (Å²) in [7, 11) is 0. The zero-order chi connectivity index (χ0) is 31.6. The van der Waals surface area contributed by atoms with Crippen LogP contribution in [0, 0.1) is 12.7 Å². The molecular formula is C24H31FN6O4S. The molecular weight excluding hydrogens is 487 g/mol. The molecule has 1 aromatic carbocycles. The summed E-state index contributed by atoms with van der Waals surface area (Å²) in [4.78, 5) is 8.91. The highest BCUT2D eigenvalue weighted by Crippen LogP contribution is 2.44. The van der Waals surface area contributed by atoms with Crippen LogP contribution in [-0.4, -0.2) is 83.5 Å². The molecule has 3 aromatic rings. The van der Waals surface area contributed by atoms with Crippen LogP contribution in [0.25, 0.3) is 11.2 Å². The summed E-state index contributed by atoms with van der Waals surface area (Å²) in [6.07, 6.45) is -3.37.